The van der Waals surface area contributed by atoms with E-state index in [4.69, 9.17) is 0 Å². The summed E-state index contributed by atoms with van der Waals surface area (Å²) in [5.74, 6) is 10.0. The molecular formula is C28H41F. The van der Waals surface area contributed by atoms with Crippen molar-refractivity contribution < 1.29 is 4.39 Å². The van der Waals surface area contributed by atoms with Crippen LogP contribution in [0.25, 0.3) is 0 Å². The highest BCUT2D eigenvalue weighted by molar-refractivity contribution is 5.37. The smallest absolute Gasteiger partial charge is 0.127 e. The van der Waals surface area contributed by atoms with E-state index in [9.17, 15) is 4.39 Å². The minimum atomic E-state index is -0.107. The molecular weight excluding hydrogens is 355 g/mol. The molecule has 2 saturated carbocycles. The van der Waals surface area contributed by atoms with Crippen molar-refractivity contribution >= 4 is 0 Å². The molecule has 2 aliphatic rings. The molecule has 160 valence electrons. The summed E-state index contributed by atoms with van der Waals surface area (Å²) < 4.78 is 13.9. The first kappa shape index (κ1) is 22.4. The van der Waals surface area contributed by atoms with Crippen molar-refractivity contribution in [3.05, 3.63) is 35.1 Å². The highest BCUT2D eigenvalue weighted by Gasteiger charge is 2.30. The molecule has 0 unspecified atom stereocenters. The van der Waals surface area contributed by atoms with Crippen molar-refractivity contribution in [3.8, 4) is 11.8 Å². The normalized spacial score (nSPS) is 27.3. The summed E-state index contributed by atoms with van der Waals surface area (Å²) in [5, 5.41) is 0. The van der Waals surface area contributed by atoms with Gasteiger partial charge < -0.3 is 0 Å². The monoisotopic (exact) mass is 396 g/mol. The van der Waals surface area contributed by atoms with Crippen LogP contribution < -0.4 is 0 Å². The molecule has 0 atom stereocenters. The second kappa shape index (κ2) is 11.8. The third kappa shape index (κ3) is 6.87. The van der Waals surface area contributed by atoms with Crippen molar-refractivity contribution in [1.29, 1.82) is 0 Å². The van der Waals surface area contributed by atoms with Crippen molar-refractivity contribution in [2.24, 2.45) is 23.7 Å². The summed E-state index contributed by atoms with van der Waals surface area (Å²) in [4.78, 5) is 0. The lowest BCUT2D eigenvalue weighted by Gasteiger charge is -2.37. The number of hydrogen-bond donors (Lipinski definition) is 0. The van der Waals surface area contributed by atoms with Gasteiger partial charge in [-0.1, -0.05) is 76.7 Å². The predicted octanol–water partition coefficient (Wildman–Crippen LogP) is 8.32. The van der Waals surface area contributed by atoms with Gasteiger partial charge in [-0.15, -0.1) is 0 Å². The number of halogens is 1. The van der Waals surface area contributed by atoms with E-state index in [1.807, 2.05) is 19.1 Å². The van der Waals surface area contributed by atoms with Gasteiger partial charge in [-0.25, -0.2) is 4.39 Å². The van der Waals surface area contributed by atoms with Gasteiger partial charge in [-0.2, -0.15) is 0 Å². The second-order valence-corrected chi connectivity index (χ2v) is 9.67. The van der Waals surface area contributed by atoms with E-state index in [1.165, 1.54) is 83.5 Å². The molecule has 0 radical (unpaired) electrons. The van der Waals surface area contributed by atoms with Gasteiger partial charge in [0.25, 0.3) is 0 Å². The molecule has 0 amide bonds. The Hall–Kier alpha value is -1.29. The zero-order valence-electron chi connectivity index (χ0n) is 18.8. The van der Waals surface area contributed by atoms with E-state index in [0.717, 1.165) is 35.3 Å². The van der Waals surface area contributed by atoms with E-state index in [0.29, 0.717) is 5.92 Å². The zero-order valence-corrected chi connectivity index (χ0v) is 18.8. The number of unbranched alkanes of at least 4 members (excludes halogenated alkanes) is 3. The minimum absolute atomic E-state index is 0.107. The van der Waals surface area contributed by atoms with Crippen LogP contribution in [-0.2, 0) is 6.42 Å². The molecule has 0 saturated heterocycles. The lowest BCUT2D eigenvalue weighted by Crippen LogP contribution is -2.25. The zero-order chi connectivity index (χ0) is 20.5. The lowest BCUT2D eigenvalue weighted by atomic mass is 9.69. The fourth-order valence-electron chi connectivity index (χ4n) is 5.64. The Morgan fingerprint density at radius 2 is 1.55 bits per heavy atom. The molecule has 0 bridgehead atoms. The topological polar surface area (TPSA) is 0 Å². The Labute approximate surface area is 179 Å². The first-order valence-corrected chi connectivity index (χ1v) is 12.5. The van der Waals surface area contributed by atoms with Crippen LogP contribution in [0, 0.1) is 41.3 Å². The summed E-state index contributed by atoms with van der Waals surface area (Å²) in [6.45, 7) is 4.29. The summed E-state index contributed by atoms with van der Waals surface area (Å²) in [7, 11) is 0. The third-order valence-electron chi connectivity index (χ3n) is 7.65. The van der Waals surface area contributed by atoms with Crippen molar-refractivity contribution in [3.63, 3.8) is 0 Å². The molecule has 2 fully saturated rings. The van der Waals surface area contributed by atoms with Gasteiger partial charge in [0.2, 0.25) is 0 Å². The highest BCUT2D eigenvalue weighted by Crippen LogP contribution is 2.42. The van der Waals surface area contributed by atoms with E-state index in [-0.39, 0.29) is 5.82 Å². The minimum Gasteiger partial charge on any atom is -0.207 e. The molecule has 1 aromatic rings. The largest absolute Gasteiger partial charge is 0.207 e. The maximum Gasteiger partial charge on any atom is 0.127 e. The quantitative estimate of drug-likeness (QED) is 0.321. The summed E-state index contributed by atoms with van der Waals surface area (Å²) in [5.41, 5.74) is 1.62. The average Bonchev–Trinajstić information content (AvgIpc) is 2.76. The predicted molar refractivity (Wildman–Crippen MR) is 122 cm³/mol. The molecule has 3 rings (SSSR count). The van der Waals surface area contributed by atoms with Gasteiger partial charge in [0.1, 0.15) is 5.82 Å². The third-order valence-corrected chi connectivity index (χ3v) is 7.65. The molecule has 0 nitrogen and oxygen atoms in total. The molecule has 0 heterocycles. The van der Waals surface area contributed by atoms with Gasteiger partial charge in [0, 0.05) is 11.5 Å². The van der Waals surface area contributed by atoms with E-state index >= 15 is 0 Å². The fourth-order valence-corrected chi connectivity index (χ4v) is 5.64. The number of aryl methyl sites for hydroxylation is 1. The summed E-state index contributed by atoms with van der Waals surface area (Å²) >= 11 is 0. The Balaban J connectivity index is 1.38. The highest BCUT2D eigenvalue weighted by atomic mass is 19.1. The van der Waals surface area contributed by atoms with Crippen molar-refractivity contribution in [1.82, 2.24) is 0 Å². The second-order valence-electron chi connectivity index (χ2n) is 9.67. The molecule has 0 aromatic heterocycles. The molecule has 1 aromatic carbocycles. The van der Waals surface area contributed by atoms with Crippen molar-refractivity contribution in [2.75, 3.05) is 0 Å². The van der Waals surface area contributed by atoms with Crippen LogP contribution in [0.2, 0.25) is 0 Å². The van der Waals surface area contributed by atoms with Crippen LogP contribution in [0.15, 0.2) is 18.2 Å². The maximum atomic E-state index is 13.9. The Kier molecular flexibility index (Phi) is 9.10. The molecule has 2 aliphatic carbocycles. The fraction of sp³-hybridized carbons (Fsp3) is 0.714. The molecule has 0 aliphatic heterocycles. The van der Waals surface area contributed by atoms with Gasteiger partial charge in [-0.05, 0) is 80.4 Å². The van der Waals surface area contributed by atoms with Crippen LogP contribution in [0.3, 0.4) is 0 Å². The summed E-state index contributed by atoms with van der Waals surface area (Å²) in [6, 6.07) is 5.47. The maximum absolute atomic E-state index is 13.9. The Bertz CT molecular complexity index is 663. The van der Waals surface area contributed by atoms with Gasteiger partial charge in [0.15, 0.2) is 0 Å². The molecule has 1 heteroatoms. The molecule has 29 heavy (non-hydrogen) atoms. The van der Waals surface area contributed by atoms with Crippen LogP contribution in [0.1, 0.15) is 108 Å². The lowest BCUT2D eigenvalue weighted by molar-refractivity contribution is 0.153. The Morgan fingerprint density at radius 3 is 2.17 bits per heavy atom. The average molecular weight is 397 g/mol. The van der Waals surface area contributed by atoms with Crippen LogP contribution in [0.5, 0.6) is 0 Å². The first-order valence-electron chi connectivity index (χ1n) is 12.5. The van der Waals surface area contributed by atoms with Gasteiger partial charge in [0.05, 0.1) is 0 Å². The van der Waals surface area contributed by atoms with E-state index in [2.05, 4.69) is 18.8 Å². The first-order chi connectivity index (χ1) is 14.2. The number of rotatable bonds is 7. The van der Waals surface area contributed by atoms with Crippen LogP contribution in [0.4, 0.5) is 4.39 Å². The standard InChI is InChI=1S/C28H41F/c1-3-5-6-7-8-22-11-17-26(18-12-22)27-19-13-23(14-20-27)9-10-24-15-16-25(4-2)28(29)21-24/h15-16,21-23,26-27H,3-8,11-14,17-20H2,1-2H3. The molecule has 0 spiro atoms. The van der Waals surface area contributed by atoms with E-state index < -0.39 is 0 Å². The van der Waals surface area contributed by atoms with Gasteiger partial charge in [-0.3, -0.25) is 0 Å². The number of benzene rings is 1. The van der Waals surface area contributed by atoms with Crippen molar-refractivity contribution in [2.45, 2.75) is 104 Å². The van der Waals surface area contributed by atoms with Crippen LogP contribution >= 0.6 is 0 Å². The van der Waals surface area contributed by atoms with Crippen LogP contribution in [-0.4, -0.2) is 0 Å². The molecule has 0 N–H and O–H groups in total. The number of hydrogen-bond acceptors (Lipinski definition) is 0. The van der Waals surface area contributed by atoms with Gasteiger partial charge >= 0.3 is 0 Å². The Morgan fingerprint density at radius 1 is 0.862 bits per heavy atom. The van der Waals surface area contributed by atoms with E-state index in [1.54, 1.807) is 6.07 Å². The SMILES string of the molecule is CCCCCCC1CCC(C2CCC(C#Cc3ccc(CC)c(F)c3)CC2)CC1. The summed E-state index contributed by atoms with van der Waals surface area (Å²) in [6.07, 6.45) is 19.0.